The average molecular weight is 476 g/mol. The maximum atomic E-state index is 12.8. The fourth-order valence-electron chi connectivity index (χ4n) is 2.66. The Morgan fingerprint density at radius 1 is 0.727 bits per heavy atom. The van der Waals surface area contributed by atoms with Gasteiger partial charge in [-0.05, 0) is 25.2 Å². The van der Waals surface area contributed by atoms with Gasteiger partial charge in [0, 0.05) is 12.8 Å². The first-order valence-corrected chi connectivity index (χ1v) is 10.2. The van der Waals surface area contributed by atoms with Gasteiger partial charge in [-0.15, -0.1) is 0 Å². The van der Waals surface area contributed by atoms with Gasteiger partial charge in [0.05, 0.1) is 12.6 Å². The van der Waals surface area contributed by atoms with Crippen LogP contribution in [0.15, 0.2) is 0 Å². The van der Waals surface area contributed by atoms with Gasteiger partial charge in [-0.1, -0.05) is 13.8 Å². The fraction of sp³-hybridized carbons (Fsp3) is 0.684. The van der Waals surface area contributed by atoms with Gasteiger partial charge in [0.2, 0.25) is 17.7 Å². The summed E-state index contributed by atoms with van der Waals surface area (Å²) in [5, 5.41) is 42.4. The highest BCUT2D eigenvalue weighted by Gasteiger charge is 2.30. The summed E-state index contributed by atoms with van der Waals surface area (Å²) in [5.41, 5.74) is 5.62. The maximum absolute atomic E-state index is 12.8. The Hall–Kier alpha value is -3.26. The fourth-order valence-corrected chi connectivity index (χ4v) is 2.66. The van der Waals surface area contributed by atoms with Crippen LogP contribution in [-0.4, -0.2) is 86.8 Å². The largest absolute Gasteiger partial charge is 0.481 e. The van der Waals surface area contributed by atoms with E-state index in [4.69, 9.17) is 26.2 Å². The van der Waals surface area contributed by atoms with Gasteiger partial charge >= 0.3 is 17.9 Å². The molecule has 14 nitrogen and oxygen atoms in total. The second-order valence-corrected chi connectivity index (χ2v) is 7.81. The van der Waals surface area contributed by atoms with Crippen LogP contribution in [0.25, 0.3) is 0 Å². The number of aliphatic hydroxyl groups is 1. The van der Waals surface area contributed by atoms with Crippen LogP contribution in [0.2, 0.25) is 0 Å². The summed E-state index contributed by atoms with van der Waals surface area (Å²) >= 11 is 0. The molecular formula is C19H32N4O10. The quantitative estimate of drug-likeness (QED) is 0.117. The van der Waals surface area contributed by atoms with Gasteiger partial charge in [0.15, 0.2) is 0 Å². The van der Waals surface area contributed by atoms with Crippen molar-refractivity contribution >= 4 is 35.6 Å². The van der Waals surface area contributed by atoms with Crippen LogP contribution in [0.1, 0.15) is 46.0 Å². The SMILES string of the molecule is CC(C)CC(NC(=O)C(CCC(=O)O)NC(=O)C(N)CCC(=O)O)C(=O)NC(CO)C(=O)O. The third-order valence-corrected chi connectivity index (χ3v) is 4.42. The third-order valence-electron chi connectivity index (χ3n) is 4.42. The van der Waals surface area contributed by atoms with Crippen molar-refractivity contribution in [2.45, 2.75) is 70.1 Å². The molecule has 14 heteroatoms. The number of aliphatic hydroxyl groups excluding tert-OH is 1. The number of hydrogen-bond donors (Lipinski definition) is 8. The van der Waals surface area contributed by atoms with Crippen molar-refractivity contribution in [2.75, 3.05) is 6.61 Å². The molecule has 33 heavy (non-hydrogen) atoms. The number of carboxylic acids is 3. The second kappa shape index (κ2) is 14.7. The van der Waals surface area contributed by atoms with Gasteiger partial charge in [-0.25, -0.2) is 4.79 Å². The molecule has 0 saturated carbocycles. The molecule has 0 saturated heterocycles. The van der Waals surface area contributed by atoms with E-state index >= 15 is 0 Å². The normalized spacial score (nSPS) is 14.5. The number of aliphatic carboxylic acids is 3. The molecule has 0 aliphatic rings. The van der Waals surface area contributed by atoms with E-state index < -0.39 is 79.2 Å². The van der Waals surface area contributed by atoms with Crippen molar-refractivity contribution in [3.05, 3.63) is 0 Å². The van der Waals surface area contributed by atoms with Crippen LogP contribution in [0, 0.1) is 5.92 Å². The summed E-state index contributed by atoms with van der Waals surface area (Å²) in [6.45, 7) is 2.59. The van der Waals surface area contributed by atoms with Crippen LogP contribution in [0.4, 0.5) is 0 Å². The van der Waals surface area contributed by atoms with E-state index in [0.717, 1.165) is 0 Å². The molecular weight excluding hydrogens is 444 g/mol. The van der Waals surface area contributed by atoms with Gasteiger partial charge in [0.25, 0.3) is 0 Å². The number of hydrogen-bond acceptors (Lipinski definition) is 8. The first-order chi connectivity index (χ1) is 15.3. The van der Waals surface area contributed by atoms with E-state index in [1.165, 1.54) is 0 Å². The van der Waals surface area contributed by atoms with Crippen molar-refractivity contribution in [3.8, 4) is 0 Å². The minimum atomic E-state index is -1.60. The minimum Gasteiger partial charge on any atom is -0.481 e. The molecule has 4 atom stereocenters. The molecule has 0 heterocycles. The lowest BCUT2D eigenvalue weighted by molar-refractivity contribution is -0.143. The van der Waals surface area contributed by atoms with E-state index in [9.17, 15) is 28.8 Å². The highest BCUT2D eigenvalue weighted by Crippen LogP contribution is 2.08. The number of rotatable bonds is 16. The molecule has 0 radical (unpaired) electrons. The van der Waals surface area contributed by atoms with E-state index in [1.54, 1.807) is 13.8 Å². The number of carbonyl (C=O) groups is 6. The average Bonchev–Trinajstić information content (AvgIpc) is 2.71. The molecule has 3 amide bonds. The summed E-state index contributed by atoms with van der Waals surface area (Å²) in [7, 11) is 0. The minimum absolute atomic E-state index is 0.0765. The van der Waals surface area contributed by atoms with Crippen molar-refractivity contribution in [1.82, 2.24) is 16.0 Å². The first kappa shape index (κ1) is 29.7. The highest BCUT2D eigenvalue weighted by molar-refractivity contribution is 5.94. The molecule has 4 unspecified atom stereocenters. The Morgan fingerprint density at radius 2 is 1.18 bits per heavy atom. The molecule has 0 aromatic rings. The Bertz CT molecular complexity index is 727. The smallest absolute Gasteiger partial charge is 0.328 e. The molecule has 0 spiro atoms. The van der Waals surface area contributed by atoms with Gasteiger partial charge in [-0.3, -0.25) is 24.0 Å². The Balaban J connectivity index is 5.46. The Morgan fingerprint density at radius 3 is 1.64 bits per heavy atom. The standard InChI is InChI=1S/C19H32N4O10/c1-9(2)7-12(18(31)23-13(8-24)19(32)33)22-17(30)11(4-6-15(27)28)21-16(29)10(20)3-5-14(25)26/h9-13,24H,3-8,20H2,1-2H3,(H,21,29)(H,22,30)(H,23,31)(H,25,26)(H,27,28)(H,32,33). The third kappa shape index (κ3) is 12.4. The Labute approximate surface area is 189 Å². The van der Waals surface area contributed by atoms with Crippen molar-refractivity contribution in [2.24, 2.45) is 11.7 Å². The van der Waals surface area contributed by atoms with Crippen molar-refractivity contribution in [3.63, 3.8) is 0 Å². The molecule has 0 bridgehead atoms. The number of carbonyl (C=O) groups excluding carboxylic acids is 3. The predicted octanol–water partition coefficient (Wildman–Crippen LogP) is -2.38. The van der Waals surface area contributed by atoms with Crippen LogP contribution < -0.4 is 21.7 Å². The second-order valence-electron chi connectivity index (χ2n) is 7.81. The molecule has 0 fully saturated rings. The van der Waals surface area contributed by atoms with Gasteiger partial charge in [-0.2, -0.15) is 0 Å². The van der Waals surface area contributed by atoms with Crippen LogP contribution in [0.3, 0.4) is 0 Å². The van der Waals surface area contributed by atoms with Crippen LogP contribution >= 0.6 is 0 Å². The number of amides is 3. The van der Waals surface area contributed by atoms with E-state index in [-0.39, 0.29) is 25.2 Å². The summed E-state index contributed by atoms with van der Waals surface area (Å²) in [6, 6.07) is -5.51. The lowest BCUT2D eigenvalue weighted by Gasteiger charge is -2.25. The summed E-state index contributed by atoms with van der Waals surface area (Å²) < 4.78 is 0. The lowest BCUT2D eigenvalue weighted by atomic mass is 10.0. The molecule has 9 N–H and O–H groups in total. The van der Waals surface area contributed by atoms with Gasteiger partial charge < -0.3 is 42.1 Å². The highest BCUT2D eigenvalue weighted by atomic mass is 16.4. The molecule has 188 valence electrons. The molecule has 0 aromatic carbocycles. The summed E-state index contributed by atoms with van der Waals surface area (Å²) in [4.78, 5) is 70.1. The zero-order chi connectivity index (χ0) is 25.7. The first-order valence-electron chi connectivity index (χ1n) is 10.2. The lowest BCUT2D eigenvalue weighted by Crippen LogP contribution is -2.57. The van der Waals surface area contributed by atoms with Crippen LogP contribution in [-0.2, 0) is 28.8 Å². The molecule has 0 aliphatic carbocycles. The van der Waals surface area contributed by atoms with E-state index in [2.05, 4.69) is 16.0 Å². The monoisotopic (exact) mass is 476 g/mol. The van der Waals surface area contributed by atoms with E-state index in [1.807, 2.05) is 0 Å². The molecule has 0 aliphatic heterocycles. The zero-order valence-electron chi connectivity index (χ0n) is 18.4. The zero-order valence-corrected chi connectivity index (χ0v) is 18.4. The Kier molecular flexibility index (Phi) is 13.3. The maximum Gasteiger partial charge on any atom is 0.328 e. The van der Waals surface area contributed by atoms with Crippen molar-refractivity contribution < 1.29 is 49.2 Å². The van der Waals surface area contributed by atoms with E-state index in [0.29, 0.717) is 0 Å². The molecule has 0 aromatic heterocycles. The van der Waals surface area contributed by atoms with Gasteiger partial charge in [0.1, 0.15) is 18.1 Å². The number of nitrogens with two attached hydrogens (primary N) is 1. The predicted molar refractivity (Wildman–Crippen MR) is 112 cm³/mol. The number of nitrogens with one attached hydrogen (secondary N) is 3. The molecule has 0 rings (SSSR count). The number of carboxylic acid groups (broad SMARTS) is 3. The summed E-state index contributed by atoms with van der Waals surface area (Å²) in [6.07, 6.45) is -1.39. The topological polar surface area (TPSA) is 245 Å². The van der Waals surface area contributed by atoms with Crippen LogP contribution in [0.5, 0.6) is 0 Å². The summed E-state index contributed by atoms with van der Waals surface area (Å²) in [5.74, 6) is -6.72. The van der Waals surface area contributed by atoms with Crippen molar-refractivity contribution in [1.29, 1.82) is 0 Å².